The predicted octanol–water partition coefficient (Wildman–Crippen LogP) is 2.37. The Balaban J connectivity index is 2.41. The van der Waals surface area contributed by atoms with Crippen molar-refractivity contribution < 1.29 is 32.7 Å². The number of hydroxylamine groups is 1. The highest BCUT2D eigenvalue weighted by Crippen LogP contribution is 2.41. The number of ether oxygens (including phenoxy) is 2. The quantitative estimate of drug-likeness (QED) is 0.280. The van der Waals surface area contributed by atoms with Gasteiger partial charge in [0.15, 0.2) is 0 Å². The van der Waals surface area contributed by atoms with E-state index in [1.807, 2.05) is 0 Å². The van der Waals surface area contributed by atoms with Crippen LogP contribution in [0.15, 0.2) is 29.2 Å². The van der Waals surface area contributed by atoms with E-state index in [1.54, 1.807) is 47.0 Å². The SMILES string of the molecule is CC#CCOc1ccc(S(=O)(=O)N2C(COC(=O)NC(C)(C)C)CSC(C)(C)[C@@H]2C(=O)NO)cc1. The highest BCUT2D eigenvalue weighted by Gasteiger charge is 2.52. The number of alkyl carbamates (subject to hydrolysis) is 1. The molecule has 2 atom stereocenters. The van der Waals surface area contributed by atoms with Crippen molar-refractivity contribution in [3.05, 3.63) is 24.3 Å². The fraction of sp³-hybridized carbons (Fsp3) is 0.565. The first-order chi connectivity index (χ1) is 16.2. The molecule has 1 aromatic rings. The van der Waals surface area contributed by atoms with Gasteiger partial charge in [0.1, 0.15) is 25.0 Å². The lowest BCUT2D eigenvalue weighted by Gasteiger charge is -2.47. The van der Waals surface area contributed by atoms with E-state index in [4.69, 9.17) is 9.47 Å². The normalized spacial score (nSPS) is 20.2. The second-order valence-electron chi connectivity index (χ2n) is 9.44. The Morgan fingerprint density at radius 1 is 1.26 bits per heavy atom. The largest absolute Gasteiger partial charge is 0.481 e. The van der Waals surface area contributed by atoms with Crippen molar-refractivity contribution in [3.63, 3.8) is 0 Å². The number of nitrogens with zero attached hydrogens (tertiary/aromatic N) is 1. The Kier molecular flexibility index (Phi) is 9.47. The third kappa shape index (κ3) is 7.51. The summed E-state index contributed by atoms with van der Waals surface area (Å²) < 4.78 is 38.5. The molecular weight excluding hydrogens is 494 g/mol. The number of hydrogen-bond donors (Lipinski definition) is 3. The van der Waals surface area contributed by atoms with Crippen molar-refractivity contribution in [2.75, 3.05) is 19.0 Å². The van der Waals surface area contributed by atoms with Gasteiger partial charge in [-0.15, -0.1) is 5.92 Å². The van der Waals surface area contributed by atoms with Gasteiger partial charge in [-0.2, -0.15) is 16.1 Å². The third-order valence-electron chi connectivity index (χ3n) is 5.05. The Hall–Kier alpha value is -2.46. The fourth-order valence-electron chi connectivity index (χ4n) is 3.46. The first-order valence-corrected chi connectivity index (χ1v) is 13.3. The van der Waals surface area contributed by atoms with Gasteiger partial charge in [0.2, 0.25) is 10.0 Å². The molecule has 1 aromatic carbocycles. The number of carbonyl (C=O) groups excluding carboxylic acids is 2. The summed E-state index contributed by atoms with van der Waals surface area (Å²) in [7, 11) is -4.26. The van der Waals surface area contributed by atoms with Gasteiger partial charge in [0, 0.05) is 16.0 Å². The predicted molar refractivity (Wildman–Crippen MR) is 133 cm³/mol. The Morgan fingerprint density at radius 3 is 2.43 bits per heavy atom. The van der Waals surface area contributed by atoms with Crippen molar-refractivity contribution in [1.29, 1.82) is 0 Å². The number of sulfonamides is 1. The van der Waals surface area contributed by atoms with E-state index in [0.29, 0.717) is 5.75 Å². The zero-order valence-corrected chi connectivity index (χ0v) is 22.4. The van der Waals surface area contributed by atoms with Gasteiger partial charge in [-0.3, -0.25) is 10.0 Å². The minimum Gasteiger partial charge on any atom is -0.481 e. The number of nitrogens with one attached hydrogen (secondary N) is 2. The summed E-state index contributed by atoms with van der Waals surface area (Å²) in [6, 6.07) is 3.61. The number of thioether (sulfide) groups is 1. The van der Waals surface area contributed by atoms with Crippen LogP contribution >= 0.6 is 11.8 Å². The lowest BCUT2D eigenvalue weighted by Crippen LogP contribution is -2.65. The van der Waals surface area contributed by atoms with E-state index in [2.05, 4.69) is 17.2 Å². The summed E-state index contributed by atoms with van der Waals surface area (Å²) in [5.41, 5.74) is 1.04. The van der Waals surface area contributed by atoms with Crippen LogP contribution in [0, 0.1) is 11.8 Å². The molecule has 0 aliphatic carbocycles. The van der Waals surface area contributed by atoms with Gasteiger partial charge >= 0.3 is 6.09 Å². The molecule has 0 bridgehead atoms. The zero-order chi connectivity index (χ0) is 26.4. The molecule has 1 fully saturated rings. The van der Waals surface area contributed by atoms with Crippen LogP contribution in [0.5, 0.6) is 5.75 Å². The van der Waals surface area contributed by atoms with E-state index < -0.39 is 44.4 Å². The average molecular weight is 528 g/mol. The lowest BCUT2D eigenvalue weighted by atomic mass is 10.0. The van der Waals surface area contributed by atoms with Gasteiger partial charge in [-0.1, -0.05) is 5.92 Å². The average Bonchev–Trinajstić information content (AvgIpc) is 2.76. The summed E-state index contributed by atoms with van der Waals surface area (Å²) in [6.45, 7) is 10.4. The van der Waals surface area contributed by atoms with Crippen LogP contribution in [0.3, 0.4) is 0 Å². The maximum atomic E-state index is 13.8. The second-order valence-corrected chi connectivity index (χ2v) is 13.0. The van der Waals surface area contributed by atoms with Gasteiger partial charge in [0.25, 0.3) is 5.91 Å². The topological polar surface area (TPSA) is 134 Å². The Bertz CT molecular complexity index is 1070. The van der Waals surface area contributed by atoms with Crippen molar-refractivity contribution in [1.82, 2.24) is 15.1 Å². The molecule has 0 spiro atoms. The van der Waals surface area contributed by atoms with Crippen molar-refractivity contribution in [2.45, 2.75) is 68.8 Å². The minimum atomic E-state index is -4.26. The molecule has 3 N–H and O–H groups in total. The van der Waals surface area contributed by atoms with Crippen LogP contribution in [-0.2, 0) is 19.6 Å². The number of rotatable bonds is 7. The molecule has 1 saturated heterocycles. The number of carbonyl (C=O) groups is 2. The van der Waals surface area contributed by atoms with E-state index in [0.717, 1.165) is 4.31 Å². The van der Waals surface area contributed by atoms with E-state index >= 15 is 0 Å². The number of benzene rings is 1. The molecule has 1 unspecified atom stereocenters. The Morgan fingerprint density at radius 2 is 1.89 bits per heavy atom. The molecule has 35 heavy (non-hydrogen) atoms. The monoisotopic (exact) mass is 527 g/mol. The highest BCUT2D eigenvalue weighted by molar-refractivity contribution is 8.01. The standard InChI is InChI=1S/C23H33N3O7S2/c1-7-8-13-32-17-9-11-18(12-10-17)35(30,31)26-16(14-33-21(28)24-22(2,3)4)15-34-23(5,6)19(26)20(27)25-29/h9-12,16,19,29H,13-15H2,1-6H3,(H,24,28)(H,25,27)/t16?,19-/m0/s1. The molecule has 1 heterocycles. The van der Waals surface area contributed by atoms with Crippen LogP contribution in [-0.4, -0.2) is 71.3 Å². The van der Waals surface area contributed by atoms with Gasteiger partial charge in [-0.25, -0.2) is 18.7 Å². The van der Waals surface area contributed by atoms with Crippen LogP contribution in [0.25, 0.3) is 0 Å². The van der Waals surface area contributed by atoms with Crippen LogP contribution in [0.2, 0.25) is 0 Å². The summed E-state index contributed by atoms with van der Waals surface area (Å²) in [6.07, 6.45) is -0.704. The first-order valence-electron chi connectivity index (χ1n) is 10.9. The maximum Gasteiger partial charge on any atom is 0.407 e. The van der Waals surface area contributed by atoms with E-state index in [-0.39, 0.29) is 23.9 Å². The van der Waals surface area contributed by atoms with Gasteiger partial charge in [-0.05, 0) is 65.8 Å². The van der Waals surface area contributed by atoms with E-state index in [1.165, 1.54) is 36.0 Å². The molecule has 12 heteroatoms. The summed E-state index contributed by atoms with van der Waals surface area (Å²) >= 11 is 1.35. The van der Waals surface area contributed by atoms with Crippen molar-refractivity contribution in [3.8, 4) is 17.6 Å². The Labute approximate surface area is 211 Å². The van der Waals surface area contributed by atoms with Crippen molar-refractivity contribution >= 4 is 33.8 Å². The second kappa shape index (κ2) is 11.5. The summed E-state index contributed by atoms with van der Waals surface area (Å²) in [5, 5.41) is 12.0. The zero-order valence-electron chi connectivity index (χ0n) is 20.7. The van der Waals surface area contributed by atoms with Crippen LogP contribution in [0.1, 0.15) is 41.5 Å². The molecule has 1 aliphatic rings. The molecule has 1 aliphatic heterocycles. The van der Waals surface area contributed by atoms with Gasteiger partial charge in [0.05, 0.1) is 10.9 Å². The molecule has 2 amide bonds. The molecule has 2 rings (SSSR count). The molecule has 194 valence electrons. The molecular formula is C23H33N3O7S2. The van der Waals surface area contributed by atoms with E-state index in [9.17, 15) is 23.2 Å². The van der Waals surface area contributed by atoms with Crippen LogP contribution in [0.4, 0.5) is 4.79 Å². The highest BCUT2D eigenvalue weighted by atomic mass is 32.2. The van der Waals surface area contributed by atoms with Crippen LogP contribution < -0.4 is 15.5 Å². The van der Waals surface area contributed by atoms with Gasteiger partial charge < -0.3 is 14.8 Å². The van der Waals surface area contributed by atoms with Crippen molar-refractivity contribution in [2.24, 2.45) is 0 Å². The molecule has 0 saturated carbocycles. The number of hydrogen-bond acceptors (Lipinski definition) is 8. The third-order valence-corrected chi connectivity index (χ3v) is 8.50. The molecule has 0 radical (unpaired) electrons. The maximum absolute atomic E-state index is 13.8. The number of amides is 2. The molecule has 0 aromatic heterocycles. The fourth-order valence-corrected chi connectivity index (χ4v) is 6.77. The minimum absolute atomic E-state index is 0.0750. The summed E-state index contributed by atoms with van der Waals surface area (Å²) in [4.78, 5) is 24.9. The summed E-state index contributed by atoms with van der Waals surface area (Å²) in [5.74, 6) is 5.28. The first kappa shape index (κ1) is 28.8. The lowest BCUT2D eigenvalue weighted by molar-refractivity contribution is -0.135. The smallest absolute Gasteiger partial charge is 0.407 e. The molecule has 10 nitrogen and oxygen atoms in total.